The second-order valence-corrected chi connectivity index (χ2v) is 15.5. The van der Waals surface area contributed by atoms with Gasteiger partial charge in [-0.2, -0.15) is 0 Å². The van der Waals surface area contributed by atoms with Crippen LogP contribution in [-0.2, 0) is 6.84 Å². The molecule has 46 heavy (non-hydrogen) atoms. The SMILES string of the molecule is IC1(c2ccccc2)C=c2cccc3c2c(c2cccc4cc(-c5ccccc5)c(-c5ccccc5)c3c42)C1(I)c1ccccc1. The Labute approximate surface area is 296 Å². The summed E-state index contributed by atoms with van der Waals surface area (Å²) in [5.74, 6) is 0. The van der Waals surface area contributed by atoms with E-state index in [1.807, 2.05) is 0 Å². The second-order valence-electron chi connectivity index (χ2n) is 12.2. The van der Waals surface area contributed by atoms with Crippen molar-refractivity contribution in [3.05, 3.63) is 186 Å². The summed E-state index contributed by atoms with van der Waals surface area (Å²) in [6.07, 6.45) is 2.54. The Morgan fingerprint density at radius 2 is 1.00 bits per heavy atom. The van der Waals surface area contributed by atoms with Crippen LogP contribution in [0.1, 0.15) is 16.7 Å². The fourth-order valence-corrected chi connectivity index (χ4v) is 10.5. The van der Waals surface area contributed by atoms with E-state index >= 15 is 0 Å². The maximum Gasteiger partial charge on any atom is 0.0952 e. The van der Waals surface area contributed by atoms with Gasteiger partial charge in [-0.05, 0) is 82.5 Å². The molecule has 9 rings (SSSR count). The Morgan fingerprint density at radius 1 is 0.435 bits per heavy atom. The minimum atomic E-state index is -0.395. The van der Waals surface area contributed by atoms with Gasteiger partial charge in [-0.25, -0.2) is 0 Å². The van der Waals surface area contributed by atoms with E-state index in [0.717, 1.165) is 0 Å². The standard InChI is InChI=1S/C44H28I2/c45-43(33-21-9-3-10-22-33)28-32-20-14-25-35-40(32)42(44(43,46)34-23-11-4-12-24-34)36-26-13-19-31-27-37(29-15-5-1-6-16-29)38(41(35)39(31)36)30-17-7-2-8-18-30/h1-28H. The Morgan fingerprint density at radius 3 is 1.67 bits per heavy atom. The Balaban J connectivity index is 1.56. The maximum atomic E-state index is 2.82. The Kier molecular flexibility index (Phi) is 6.62. The third kappa shape index (κ3) is 3.96. The molecule has 0 amide bonds. The van der Waals surface area contributed by atoms with Crippen LogP contribution >= 0.6 is 45.2 Å². The highest BCUT2D eigenvalue weighted by Gasteiger charge is 2.53. The summed E-state index contributed by atoms with van der Waals surface area (Å²) in [5.41, 5.74) is 9.06. The lowest BCUT2D eigenvalue weighted by Gasteiger charge is -2.46. The molecule has 2 unspecified atom stereocenters. The summed E-state index contributed by atoms with van der Waals surface area (Å²) < 4.78 is -0.741. The van der Waals surface area contributed by atoms with Crippen molar-refractivity contribution in [1.82, 2.24) is 0 Å². The number of rotatable bonds is 4. The molecule has 0 saturated carbocycles. The van der Waals surface area contributed by atoms with Gasteiger partial charge in [0.2, 0.25) is 0 Å². The number of hydrogen-bond acceptors (Lipinski definition) is 0. The van der Waals surface area contributed by atoms with Gasteiger partial charge in [0.1, 0.15) is 0 Å². The molecular formula is C44H28I2. The summed E-state index contributed by atoms with van der Waals surface area (Å²) in [7, 11) is 0. The monoisotopic (exact) mass is 810 g/mol. The van der Waals surface area contributed by atoms with Crippen LogP contribution in [0, 0.1) is 0 Å². The highest BCUT2D eigenvalue weighted by atomic mass is 127. The lowest BCUT2D eigenvalue weighted by atomic mass is 9.69. The van der Waals surface area contributed by atoms with Gasteiger partial charge in [-0.1, -0.05) is 209 Å². The average molecular weight is 811 g/mol. The zero-order valence-electron chi connectivity index (χ0n) is 24.9. The molecule has 0 heterocycles. The molecule has 0 aliphatic heterocycles. The van der Waals surface area contributed by atoms with Gasteiger partial charge < -0.3 is 0 Å². The molecule has 2 atom stereocenters. The summed E-state index contributed by atoms with van der Waals surface area (Å²) in [5, 5.41) is 9.23. The van der Waals surface area contributed by atoms with Gasteiger partial charge in [0.15, 0.2) is 0 Å². The van der Waals surface area contributed by atoms with Crippen LogP contribution in [0.3, 0.4) is 0 Å². The van der Waals surface area contributed by atoms with E-state index in [1.165, 1.54) is 76.5 Å². The normalized spacial score (nSPS) is 19.0. The van der Waals surface area contributed by atoms with Crippen LogP contribution < -0.4 is 5.22 Å². The first-order chi connectivity index (χ1) is 22.6. The molecule has 1 aliphatic carbocycles. The Bertz CT molecular complexity index is 2470. The van der Waals surface area contributed by atoms with Crippen LogP contribution in [0.2, 0.25) is 0 Å². The summed E-state index contributed by atoms with van der Waals surface area (Å²) in [6, 6.07) is 60.4. The first-order valence-electron chi connectivity index (χ1n) is 15.7. The van der Waals surface area contributed by atoms with E-state index in [4.69, 9.17) is 0 Å². The van der Waals surface area contributed by atoms with Gasteiger partial charge in [0.05, 0.1) is 6.84 Å². The van der Waals surface area contributed by atoms with E-state index in [9.17, 15) is 0 Å². The molecule has 0 radical (unpaired) electrons. The maximum absolute atomic E-state index is 2.82. The third-order valence-corrected chi connectivity index (χ3v) is 14.6. The second kappa shape index (κ2) is 10.8. The van der Waals surface area contributed by atoms with Crippen molar-refractivity contribution in [2.45, 2.75) is 6.84 Å². The average Bonchev–Trinajstić information content (AvgIpc) is 3.12. The zero-order chi connectivity index (χ0) is 30.9. The molecule has 0 nitrogen and oxygen atoms in total. The minimum Gasteiger partial charge on any atom is -0.0668 e. The Hall–Kier alpha value is -4.00. The lowest BCUT2D eigenvalue weighted by molar-refractivity contribution is 0.690. The largest absolute Gasteiger partial charge is 0.0952 e. The van der Waals surface area contributed by atoms with E-state index in [-0.39, 0.29) is 3.42 Å². The van der Waals surface area contributed by atoms with Gasteiger partial charge in [0.25, 0.3) is 0 Å². The number of hydrogen-bond donors (Lipinski definition) is 0. The van der Waals surface area contributed by atoms with E-state index in [0.29, 0.717) is 0 Å². The van der Waals surface area contributed by atoms with Crippen LogP contribution in [0.25, 0.3) is 60.6 Å². The summed E-state index contributed by atoms with van der Waals surface area (Å²) in [4.78, 5) is 0. The first-order valence-corrected chi connectivity index (χ1v) is 17.8. The molecule has 2 heteroatoms. The molecule has 8 aromatic carbocycles. The molecule has 0 aromatic heterocycles. The summed E-state index contributed by atoms with van der Waals surface area (Å²) >= 11 is 5.58. The molecule has 0 N–H and O–H groups in total. The molecule has 0 saturated heterocycles. The number of benzene rings is 8. The molecular weight excluding hydrogens is 782 g/mol. The predicted octanol–water partition coefficient (Wildman–Crippen LogP) is 12.0. The first kappa shape index (κ1) is 28.2. The van der Waals surface area contributed by atoms with Crippen molar-refractivity contribution < 1.29 is 0 Å². The van der Waals surface area contributed by atoms with Gasteiger partial charge >= 0.3 is 0 Å². The van der Waals surface area contributed by atoms with Crippen molar-refractivity contribution in [2.75, 3.05) is 0 Å². The van der Waals surface area contributed by atoms with Gasteiger partial charge in [-0.15, -0.1) is 0 Å². The molecule has 0 fully saturated rings. The zero-order valence-corrected chi connectivity index (χ0v) is 29.2. The van der Waals surface area contributed by atoms with Crippen LogP contribution in [0.5, 0.6) is 0 Å². The molecule has 8 aromatic rings. The van der Waals surface area contributed by atoms with Crippen LogP contribution in [-0.4, -0.2) is 0 Å². The van der Waals surface area contributed by atoms with Gasteiger partial charge in [0, 0.05) is 0 Å². The van der Waals surface area contributed by atoms with Crippen LogP contribution in [0.15, 0.2) is 164 Å². The molecule has 0 spiro atoms. The topological polar surface area (TPSA) is 0 Å². The van der Waals surface area contributed by atoms with Gasteiger partial charge in [-0.3, -0.25) is 0 Å². The molecule has 0 bridgehead atoms. The molecule has 1 aliphatic rings. The minimum absolute atomic E-state index is 0.346. The van der Waals surface area contributed by atoms with Crippen LogP contribution in [0.4, 0.5) is 0 Å². The lowest BCUT2D eigenvalue weighted by Crippen LogP contribution is -2.44. The third-order valence-electron chi connectivity index (χ3n) is 9.76. The van der Waals surface area contributed by atoms with Crippen molar-refractivity contribution in [1.29, 1.82) is 0 Å². The highest BCUT2D eigenvalue weighted by Crippen LogP contribution is 2.63. The van der Waals surface area contributed by atoms with E-state index < -0.39 is 3.42 Å². The quantitative estimate of drug-likeness (QED) is 0.0719. The smallest absolute Gasteiger partial charge is 0.0668 e. The van der Waals surface area contributed by atoms with Crippen molar-refractivity contribution in [2.24, 2.45) is 0 Å². The number of fused-ring (bicyclic) bond motifs is 2. The highest BCUT2D eigenvalue weighted by molar-refractivity contribution is 14.1. The number of halogens is 2. The van der Waals surface area contributed by atoms with Crippen molar-refractivity contribution in [3.8, 4) is 22.3 Å². The van der Waals surface area contributed by atoms with E-state index in [2.05, 4.69) is 215 Å². The summed E-state index contributed by atoms with van der Waals surface area (Å²) in [6.45, 7) is 0. The molecule has 218 valence electrons. The fraction of sp³-hybridized carbons (Fsp3) is 0.0455. The number of alkyl halides is 2. The predicted molar refractivity (Wildman–Crippen MR) is 213 cm³/mol. The van der Waals surface area contributed by atoms with E-state index in [1.54, 1.807) is 0 Å². The van der Waals surface area contributed by atoms with Crippen molar-refractivity contribution >= 4 is 83.6 Å². The van der Waals surface area contributed by atoms with Crippen molar-refractivity contribution in [3.63, 3.8) is 0 Å². The fourth-order valence-electron chi connectivity index (χ4n) is 7.84.